The van der Waals surface area contributed by atoms with E-state index >= 15 is 0 Å². The minimum atomic E-state index is 0.424. The zero-order chi connectivity index (χ0) is 14.4. The van der Waals surface area contributed by atoms with Gasteiger partial charge in [0, 0.05) is 25.6 Å². The lowest BCUT2D eigenvalue weighted by Crippen LogP contribution is -2.52. The Morgan fingerprint density at radius 1 is 1.24 bits per heavy atom. The van der Waals surface area contributed by atoms with E-state index in [4.69, 9.17) is 22.1 Å². The normalized spacial score (nSPS) is 30.3. The minimum Gasteiger partial charge on any atom is -0.375 e. The van der Waals surface area contributed by atoms with Gasteiger partial charge in [0.2, 0.25) is 0 Å². The number of fused-ring (bicyclic) bond motifs is 1. The molecule has 0 spiro atoms. The molecule has 0 amide bonds. The third-order valence-electron chi connectivity index (χ3n) is 5.18. The van der Waals surface area contributed by atoms with Crippen LogP contribution in [0.2, 0.25) is 0 Å². The van der Waals surface area contributed by atoms with Crippen molar-refractivity contribution >= 4 is 12.2 Å². The van der Waals surface area contributed by atoms with Crippen molar-refractivity contribution in [3.63, 3.8) is 0 Å². The molecule has 0 radical (unpaired) electrons. The second-order valence-corrected chi connectivity index (χ2v) is 7.05. The van der Waals surface area contributed by atoms with Crippen molar-refractivity contribution in [2.75, 3.05) is 13.2 Å². The van der Waals surface area contributed by atoms with E-state index in [0.717, 1.165) is 24.6 Å². The van der Waals surface area contributed by atoms with E-state index in [-0.39, 0.29) is 0 Å². The quantitative estimate of drug-likeness (QED) is 0.804. The molecule has 2 aliphatic carbocycles. The predicted octanol–water partition coefficient (Wildman–Crippen LogP) is 2.43. The van der Waals surface area contributed by atoms with E-state index < -0.39 is 0 Å². The van der Waals surface area contributed by atoms with Gasteiger partial charge >= 0.3 is 0 Å². The monoisotopic (exact) mass is 308 g/mol. The topological polar surface area (TPSA) is 35.2 Å². The molecule has 3 fully saturated rings. The Morgan fingerprint density at radius 3 is 2.86 bits per heavy atom. The zero-order valence-corrected chi connectivity index (χ0v) is 13.5. The Balaban J connectivity index is 1.54. The minimum absolute atomic E-state index is 0.424. The van der Waals surface area contributed by atoms with Gasteiger partial charge in [-0.15, -0.1) is 0 Å². The Labute approximate surface area is 130 Å². The van der Waals surface area contributed by atoms with Crippen molar-refractivity contribution in [3.05, 3.63) is 10.6 Å². The largest absolute Gasteiger partial charge is 0.375 e. The molecule has 4 rings (SSSR count). The van der Waals surface area contributed by atoms with Gasteiger partial charge in [0.1, 0.15) is 5.82 Å². The van der Waals surface area contributed by atoms with Gasteiger partial charge in [-0.1, -0.05) is 12.8 Å². The molecule has 2 saturated carbocycles. The molecule has 5 nitrogen and oxygen atoms in total. The maximum absolute atomic E-state index is 5.95. The molecular weight excluding hydrogens is 284 g/mol. The lowest BCUT2D eigenvalue weighted by molar-refractivity contribution is -0.0994. The number of hydrogen-bond donors (Lipinski definition) is 0. The fourth-order valence-electron chi connectivity index (χ4n) is 3.82. The van der Waals surface area contributed by atoms with Crippen molar-refractivity contribution in [1.82, 2.24) is 19.2 Å². The van der Waals surface area contributed by atoms with Crippen LogP contribution in [-0.4, -0.2) is 44.5 Å². The highest BCUT2D eigenvalue weighted by Gasteiger charge is 2.35. The summed E-state index contributed by atoms with van der Waals surface area (Å²) >= 11 is 5.58. The maximum Gasteiger partial charge on any atom is 0.198 e. The Bertz CT molecular complexity index is 575. The van der Waals surface area contributed by atoms with Crippen LogP contribution >= 0.6 is 12.2 Å². The summed E-state index contributed by atoms with van der Waals surface area (Å²) < 4.78 is 10.9. The van der Waals surface area contributed by atoms with Gasteiger partial charge in [-0.25, -0.2) is 4.68 Å². The molecule has 2 atom stereocenters. The van der Waals surface area contributed by atoms with Gasteiger partial charge in [0.05, 0.1) is 19.4 Å². The number of nitrogens with zero attached hydrogens (tertiary/aromatic N) is 4. The van der Waals surface area contributed by atoms with Gasteiger partial charge in [0.25, 0.3) is 0 Å². The molecule has 0 N–H and O–H groups in total. The molecule has 21 heavy (non-hydrogen) atoms. The van der Waals surface area contributed by atoms with Crippen LogP contribution in [-0.2, 0) is 18.5 Å². The molecule has 3 aliphatic rings. The average molecular weight is 308 g/mol. The van der Waals surface area contributed by atoms with Crippen molar-refractivity contribution in [2.24, 2.45) is 7.05 Å². The first kappa shape index (κ1) is 13.9. The van der Waals surface area contributed by atoms with E-state index in [1.165, 1.54) is 44.3 Å². The molecule has 0 aromatic carbocycles. The van der Waals surface area contributed by atoms with Gasteiger partial charge in [0.15, 0.2) is 4.77 Å². The van der Waals surface area contributed by atoms with Crippen molar-refractivity contribution in [2.45, 2.75) is 63.3 Å². The van der Waals surface area contributed by atoms with Gasteiger partial charge in [-0.2, -0.15) is 5.10 Å². The number of aromatic nitrogens is 3. The lowest BCUT2D eigenvalue weighted by Gasteiger charge is -2.43. The SMILES string of the molecule is Cn1c(C2CC2)nn(CN2CCOC3CCCCC32)c1=S. The number of rotatable bonds is 3. The first-order valence-electron chi connectivity index (χ1n) is 8.23. The Morgan fingerprint density at radius 2 is 2.05 bits per heavy atom. The third-order valence-corrected chi connectivity index (χ3v) is 5.66. The molecule has 2 heterocycles. The van der Waals surface area contributed by atoms with Crippen LogP contribution in [0.4, 0.5) is 0 Å². The Kier molecular flexibility index (Phi) is 3.63. The highest BCUT2D eigenvalue weighted by Crippen LogP contribution is 2.39. The Hall–Kier alpha value is -0.720. The summed E-state index contributed by atoms with van der Waals surface area (Å²) in [6.07, 6.45) is 8.05. The summed E-state index contributed by atoms with van der Waals surface area (Å²) in [5.41, 5.74) is 0. The molecule has 0 bridgehead atoms. The molecule has 6 heteroatoms. The van der Waals surface area contributed by atoms with Crippen LogP contribution in [0.15, 0.2) is 0 Å². The van der Waals surface area contributed by atoms with Gasteiger partial charge in [-0.3, -0.25) is 4.90 Å². The standard InChI is InChI=1S/C15H24N4OS/c1-17-14(11-6-7-11)16-19(15(17)21)10-18-8-9-20-13-5-3-2-4-12(13)18/h11-13H,2-10H2,1H3. The average Bonchev–Trinajstić information content (AvgIpc) is 3.31. The second kappa shape index (κ2) is 5.48. The van der Waals surface area contributed by atoms with Crippen LogP contribution in [0.3, 0.4) is 0 Å². The number of morpholine rings is 1. The molecule has 1 saturated heterocycles. The summed E-state index contributed by atoms with van der Waals surface area (Å²) in [5, 5.41) is 4.80. The van der Waals surface area contributed by atoms with E-state index in [0.29, 0.717) is 18.1 Å². The second-order valence-electron chi connectivity index (χ2n) is 6.69. The third kappa shape index (κ3) is 2.58. The smallest absolute Gasteiger partial charge is 0.198 e. The molecule has 2 unspecified atom stereocenters. The summed E-state index contributed by atoms with van der Waals surface area (Å²) in [5.74, 6) is 1.82. The summed E-state index contributed by atoms with van der Waals surface area (Å²) in [4.78, 5) is 2.53. The van der Waals surface area contributed by atoms with E-state index in [1.807, 2.05) is 4.68 Å². The fourth-order valence-corrected chi connectivity index (χ4v) is 4.01. The van der Waals surface area contributed by atoms with Crippen LogP contribution < -0.4 is 0 Å². The first-order valence-corrected chi connectivity index (χ1v) is 8.64. The van der Waals surface area contributed by atoms with Crippen LogP contribution in [0.25, 0.3) is 0 Å². The highest BCUT2D eigenvalue weighted by molar-refractivity contribution is 7.71. The molecular formula is C15H24N4OS. The van der Waals surface area contributed by atoms with E-state index in [9.17, 15) is 0 Å². The van der Waals surface area contributed by atoms with Crippen molar-refractivity contribution in [1.29, 1.82) is 0 Å². The summed E-state index contributed by atoms with van der Waals surface area (Å²) in [6, 6.07) is 0.556. The van der Waals surface area contributed by atoms with E-state index in [1.54, 1.807) is 0 Å². The lowest BCUT2D eigenvalue weighted by atomic mass is 9.90. The molecule has 1 aliphatic heterocycles. The van der Waals surface area contributed by atoms with Crippen molar-refractivity contribution in [3.8, 4) is 0 Å². The molecule has 1 aromatic heterocycles. The highest BCUT2D eigenvalue weighted by atomic mass is 32.1. The number of ether oxygens (including phenoxy) is 1. The fraction of sp³-hybridized carbons (Fsp3) is 0.867. The van der Waals surface area contributed by atoms with Crippen LogP contribution in [0.1, 0.15) is 50.3 Å². The first-order chi connectivity index (χ1) is 10.2. The predicted molar refractivity (Wildman–Crippen MR) is 82.7 cm³/mol. The maximum atomic E-state index is 5.95. The number of hydrogen-bond acceptors (Lipinski definition) is 4. The van der Waals surface area contributed by atoms with Crippen LogP contribution in [0.5, 0.6) is 0 Å². The van der Waals surface area contributed by atoms with Crippen LogP contribution in [0, 0.1) is 4.77 Å². The molecule has 116 valence electrons. The van der Waals surface area contributed by atoms with Crippen molar-refractivity contribution < 1.29 is 4.74 Å². The summed E-state index contributed by atoms with van der Waals surface area (Å²) in [6.45, 7) is 2.67. The van der Waals surface area contributed by atoms with Gasteiger partial charge in [-0.05, 0) is 37.9 Å². The summed E-state index contributed by atoms with van der Waals surface area (Å²) in [7, 11) is 2.06. The van der Waals surface area contributed by atoms with E-state index in [2.05, 4.69) is 16.5 Å². The molecule has 1 aromatic rings. The van der Waals surface area contributed by atoms with Gasteiger partial charge < -0.3 is 9.30 Å². The zero-order valence-electron chi connectivity index (χ0n) is 12.7.